The fraction of sp³-hybridized carbons (Fsp3) is 0.375. The number of carbonyl (C=O) groups is 2. The van der Waals surface area contributed by atoms with Gasteiger partial charge in [-0.05, 0) is 37.1 Å². The first kappa shape index (κ1) is 17.5. The van der Waals surface area contributed by atoms with Crippen LogP contribution in [0.3, 0.4) is 0 Å². The Labute approximate surface area is 143 Å². The molecule has 7 heteroatoms. The number of benzene rings is 1. The number of carbonyl (C=O) groups excluding carboxylic acids is 2. The van der Waals surface area contributed by atoms with E-state index in [0.717, 1.165) is 21.3 Å². The highest BCUT2D eigenvalue weighted by molar-refractivity contribution is 9.10. The number of rotatable bonds is 5. The minimum Gasteiger partial charge on any atom is -0.466 e. The van der Waals surface area contributed by atoms with Gasteiger partial charge in [-0.15, -0.1) is 0 Å². The largest absolute Gasteiger partial charge is 0.466 e. The number of nitrogens with one attached hydrogen (secondary N) is 1. The summed E-state index contributed by atoms with van der Waals surface area (Å²) in [7, 11) is 1.28. The standard InChI is InChI=1S/C16H19BrN2O4/c1-9-6-11(7-10(2)13(9)17)18-14-12(16(22)23-3)8-19(4-5-20)15(14)21/h6-7,18,20H,4-5,8H2,1-3H3. The molecule has 0 bridgehead atoms. The molecule has 2 rings (SSSR count). The van der Waals surface area contributed by atoms with E-state index in [1.807, 2.05) is 26.0 Å². The van der Waals surface area contributed by atoms with Gasteiger partial charge in [-0.2, -0.15) is 0 Å². The van der Waals surface area contributed by atoms with Crippen LogP contribution in [0.2, 0.25) is 0 Å². The van der Waals surface area contributed by atoms with Gasteiger partial charge in [-0.3, -0.25) is 4.79 Å². The van der Waals surface area contributed by atoms with Crippen molar-refractivity contribution in [3.63, 3.8) is 0 Å². The van der Waals surface area contributed by atoms with E-state index in [-0.39, 0.29) is 36.9 Å². The van der Waals surface area contributed by atoms with Crippen LogP contribution in [0.4, 0.5) is 5.69 Å². The molecule has 0 unspecified atom stereocenters. The van der Waals surface area contributed by atoms with Crippen molar-refractivity contribution in [3.05, 3.63) is 39.0 Å². The molecule has 0 saturated heterocycles. The molecule has 1 aliphatic rings. The van der Waals surface area contributed by atoms with Gasteiger partial charge in [0.25, 0.3) is 5.91 Å². The number of anilines is 1. The second kappa shape index (κ2) is 7.14. The zero-order chi connectivity index (χ0) is 17.1. The summed E-state index contributed by atoms with van der Waals surface area (Å²) in [5.41, 5.74) is 3.23. The van der Waals surface area contributed by atoms with Crippen molar-refractivity contribution in [2.45, 2.75) is 13.8 Å². The van der Waals surface area contributed by atoms with Crippen LogP contribution in [0.15, 0.2) is 27.9 Å². The van der Waals surface area contributed by atoms with Crippen molar-refractivity contribution >= 4 is 33.5 Å². The summed E-state index contributed by atoms with van der Waals surface area (Å²) in [5, 5.41) is 12.1. The van der Waals surface area contributed by atoms with Crippen molar-refractivity contribution < 1.29 is 19.4 Å². The minimum absolute atomic E-state index is 0.128. The van der Waals surface area contributed by atoms with E-state index in [2.05, 4.69) is 21.2 Å². The van der Waals surface area contributed by atoms with Gasteiger partial charge in [0.2, 0.25) is 0 Å². The molecule has 23 heavy (non-hydrogen) atoms. The zero-order valence-electron chi connectivity index (χ0n) is 13.3. The maximum atomic E-state index is 12.4. The van der Waals surface area contributed by atoms with Crippen LogP contribution < -0.4 is 5.32 Å². The maximum Gasteiger partial charge on any atom is 0.337 e. The molecular formula is C16H19BrN2O4. The van der Waals surface area contributed by atoms with Crippen molar-refractivity contribution in [2.75, 3.05) is 32.1 Å². The number of esters is 1. The first-order valence-corrected chi connectivity index (χ1v) is 7.93. The van der Waals surface area contributed by atoms with Crippen molar-refractivity contribution in [1.29, 1.82) is 0 Å². The summed E-state index contributed by atoms with van der Waals surface area (Å²) in [6, 6.07) is 3.78. The van der Waals surface area contributed by atoms with Crippen LogP contribution in [0, 0.1) is 13.8 Å². The molecule has 1 amide bonds. The minimum atomic E-state index is -0.549. The molecule has 0 saturated carbocycles. The molecule has 6 nitrogen and oxygen atoms in total. The Morgan fingerprint density at radius 3 is 2.52 bits per heavy atom. The zero-order valence-corrected chi connectivity index (χ0v) is 14.9. The van der Waals surface area contributed by atoms with Crippen molar-refractivity contribution in [3.8, 4) is 0 Å². The maximum absolute atomic E-state index is 12.4. The number of hydrogen-bond acceptors (Lipinski definition) is 5. The summed E-state index contributed by atoms with van der Waals surface area (Å²) in [6.07, 6.45) is 0. The molecule has 1 aliphatic heterocycles. The quantitative estimate of drug-likeness (QED) is 0.758. The fourth-order valence-electron chi connectivity index (χ4n) is 2.51. The van der Waals surface area contributed by atoms with E-state index in [0.29, 0.717) is 0 Å². The van der Waals surface area contributed by atoms with E-state index in [9.17, 15) is 9.59 Å². The van der Waals surface area contributed by atoms with Gasteiger partial charge in [0.05, 0.1) is 25.8 Å². The summed E-state index contributed by atoms with van der Waals surface area (Å²) >= 11 is 3.50. The molecule has 2 N–H and O–H groups in total. The van der Waals surface area contributed by atoms with E-state index in [1.165, 1.54) is 12.0 Å². The number of aryl methyl sites for hydroxylation is 2. The molecule has 0 atom stereocenters. The molecule has 0 fully saturated rings. The predicted octanol–water partition coefficient (Wildman–Crippen LogP) is 1.74. The lowest BCUT2D eigenvalue weighted by Crippen LogP contribution is -2.31. The first-order valence-electron chi connectivity index (χ1n) is 7.14. The van der Waals surface area contributed by atoms with Crippen LogP contribution in [-0.4, -0.2) is 48.7 Å². The summed E-state index contributed by atoms with van der Waals surface area (Å²) in [6.45, 7) is 4.04. The Bertz CT molecular complexity index is 662. The Kier molecular flexibility index (Phi) is 5.43. The van der Waals surface area contributed by atoms with Crippen LogP contribution in [0.25, 0.3) is 0 Å². The molecule has 1 heterocycles. The lowest BCUT2D eigenvalue weighted by Gasteiger charge is -2.15. The molecular weight excluding hydrogens is 364 g/mol. The number of aliphatic hydroxyl groups excluding tert-OH is 1. The number of amides is 1. The summed E-state index contributed by atoms with van der Waals surface area (Å²) in [5.74, 6) is -0.871. The van der Waals surface area contributed by atoms with Gasteiger partial charge in [0, 0.05) is 16.7 Å². The lowest BCUT2D eigenvalue weighted by molar-refractivity contribution is -0.136. The normalized spacial score (nSPS) is 14.5. The molecule has 1 aromatic carbocycles. The highest BCUT2D eigenvalue weighted by Crippen LogP contribution is 2.28. The number of aliphatic hydroxyl groups is 1. The highest BCUT2D eigenvalue weighted by Gasteiger charge is 2.34. The monoisotopic (exact) mass is 382 g/mol. The number of halogens is 1. The fourth-order valence-corrected chi connectivity index (χ4v) is 2.74. The van der Waals surface area contributed by atoms with Gasteiger partial charge < -0.3 is 20.1 Å². The topological polar surface area (TPSA) is 78.9 Å². The third-order valence-corrected chi connectivity index (χ3v) is 4.91. The van der Waals surface area contributed by atoms with Gasteiger partial charge in [0.1, 0.15) is 5.70 Å². The average molecular weight is 383 g/mol. The number of methoxy groups -OCH3 is 1. The van der Waals surface area contributed by atoms with Gasteiger partial charge in [-0.1, -0.05) is 15.9 Å². The second-order valence-corrected chi connectivity index (χ2v) is 6.14. The van der Waals surface area contributed by atoms with E-state index in [4.69, 9.17) is 9.84 Å². The van der Waals surface area contributed by atoms with Gasteiger partial charge in [-0.25, -0.2) is 4.79 Å². The number of β-amino-alcohol motifs (C(OH)–C–C–N with tert-alkyl or cyclic N) is 1. The smallest absolute Gasteiger partial charge is 0.337 e. The molecule has 0 aliphatic carbocycles. The van der Waals surface area contributed by atoms with E-state index < -0.39 is 5.97 Å². The summed E-state index contributed by atoms with van der Waals surface area (Å²) in [4.78, 5) is 25.8. The van der Waals surface area contributed by atoms with Gasteiger partial charge >= 0.3 is 5.97 Å². The lowest BCUT2D eigenvalue weighted by atomic mass is 10.1. The van der Waals surface area contributed by atoms with E-state index >= 15 is 0 Å². The number of nitrogens with zero attached hydrogens (tertiary/aromatic N) is 1. The SMILES string of the molecule is COC(=O)C1=C(Nc2cc(C)c(Br)c(C)c2)C(=O)N(CCO)C1. The third-order valence-electron chi connectivity index (χ3n) is 3.66. The Balaban J connectivity index is 2.37. The number of hydrogen-bond donors (Lipinski definition) is 2. The van der Waals surface area contributed by atoms with Crippen LogP contribution in [-0.2, 0) is 14.3 Å². The molecule has 0 spiro atoms. The van der Waals surface area contributed by atoms with Crippen molar-refractivity contribution in [1.82, 2.24) is 4.90 Å². The van der Waals surface area contributed by atoms with Crippen molar-refractivity contribution in [2.24, 2.45) is 0 Å². The Hall–Kier alpha value is -1.86. The average Bonchev–Trinajstić information content (AvgIpc) is 2.81. The molecule has 0 aromatic heterocycles. The van der Waals surface area contributed by atoms with E-state index in [1.54, 1.807) is 0 Å². The Morgan fingerprint density at radius 2 is 2.00 bits per heavy atom. The second-order valence-electron chi connectivity index (χ2n) is 5.34. The van der Waals surface area contributed by atoms with Crippen LogP contribution in [0.5, 0.6) is 0 Å². The van der Waals surface area contributed by atoms with Crippen LogP contribution >= 0.6 is 15.9 Å². The molecule has 0 radical (unpaired) electrons. The third kappa shape index (κ3) is 3.56. The van der Waals surface area contributed by atoms with Crippen LogP contribution in [0.1, 0.15) is 11.1 Å². The first-order chi connectivity index (χ1) is 10.9. The highest BCUT2D eigenvalue weighted by atomic mass is 79.9. The molecule has 124 valence electrons. The molecule has 1 aromatic rings. The Morgan fingerprint density at radius 1 is 1.39 bits per heavy atom. The number of ether oxygens (including phenoxy) is 1. The summed E-state index contributed by atoms with van der Waals surface area (Å²) < 4.78 is 5.76. The predicted molar refractivity (Wildman–Crippen MR) is 89.9 cm³/mol. The van der Waals surface area contributed by atoms with Gasteiger partial charge in [0.15, 0.2) is 0 Å².